The maximum absolute atomic E-state index is 3.82. The summed E-state index contributed by atoms with van der Waals surface area (Å²) in [6, 6.07) is 0. The third-order valence-corrected chi connectivity index (χ3v) is 1.69. The maximum Gasteiger partial charge on any atom is -0.0320 e. The van der Waals surface area contributed by atoms with Crippen LogP contribution in [0.3, 0.4) is 0 Å². The van der Waals surface area contributed by atoms with Gasteiger partial charge in [0.05, 0.1) is 0 Å². The molecule has 0 aromatic carbocycles. The van der Waals surface area contributed by atoms with Gasteiger partial charge in [-0.15, -0.1) is 0 Å². The largest absolute Gasteiger partial charge is 0.0856 e. The van der Waals surface area contributed by atoms with Crippen molar-refractivity contribution in [3.63, 3.8) is 0 Å². The van der Waals surface area contributed by atoms with Crippen LogP contribution in [0.15, 0.2) is 11.6 Å². The summed E-state index contributed by atoms with van der Waals surface area (Å²) in [6.45, 7) is 8.25. The Labute approximate surface area is 65.3 Å². The Morgan fingerprint density at radius 2 is 2.10 bits per heavy atom. The molecule has 0 fully saturated rings. The maximum atomic E-state index is 3.82. The molecule has 0 saturated heterocycles. The minimum Gasteiger partial charge on any atom is -0.0856 e. The van der Waals surface area contributed by atoms with Crippen LogP contribution in [-0.2, 0) is 0 Å². The molecule has 0 bridgehead atoms. The molecule has 0 aliphatic carbocycles. The van der Waals surface area contributed by atoms with Crippen LogP contribution in [0.5, 0.6) is 0 Å². The first-order valence-corrected chi connectivity index (χ1v) is 4.32. The van der Waals surface area contributed by atoms with Crippen molar-refractivity contribution in [2.45, 2.75) is 46.0 Å². The normalized spacial score (nSPS) is 12.1. The minimum absolute atomic E-state index is 1.07. The van der Waals surface area contributed by atoms with Crippen LogP contribution in [0.25, 0.3) is 0 Å². The van der Waals surface area contributed by atoms with Crippen molar-refractivity contribution >= 4 is 0 Å². The second-order valence-electron chi connectivity index (χ2n) is 2.58. The monoisotopic (exact) mass is 139 g/mol. The molecule has 1 radical (unpaired) electrons. The van der Waals surface area contributed by atoms with Gasteiger partial charge in [0.25, 0.3) is 0 Å². The summed E-state index contributed by atoms with van der Waals surface area (Å²) in [5, 5.41) is 0. The molecule has 0 heteroatoms. The summed E-state index contributed by atoms with van der Waals surface area (Å²) in [5.41, 5.74) is 1.60. The van der Waals surface area contributed by atoms with E-state index in [2.05, 4.69) is 26.8 Å². The van der Waals surface area contributed by atoms with E-state index in [1.54, 1.807) is 5.57 Å². The Morgan fingerprint density at radius 1 is 1.40 bits per heavy atom. The smallest absolute Gasteiger partial charge is 0.0320 e. The van der Waals surface area contributed by atoms with E-state index in [1.807, 2.05) is 0 Å². The molecule has 0 aromatic rings. The van der Waals surface area contributed by atoms with E-state index in [4.69, 9.17) is 0 Å². The van der Waals surface area contributed by atoms with Gasteiger partial charge in [0.2, 0.25) is 0 Å². The first-order chi connectivity index (χ1) is 4.85. The zero-order chi connectivity index (χ0) is 7.82. The highest BCUT2D eigenvalue weighted by molar-refractivity contribution is 5.00. The molecule has 0 aliphatic heterocycles. The second-order valence-corrected chi connectivity index (χ2v) is 2.58. The summed E-state index contributed by atoms with van der Waals surface area (Å²) in [7, 11) is 0. The number of hydrogen-bond donors (Lipinski definition) is 0. The van der Waals surface area contributed by atoms with Crippen molar-refractivity contribution in [2.24, 2.45) is 0 Å². The Kier molecular flexibility index (Phi) is 6.68. The van der Waals surface area contributed by atoms with E-state index in [1.165, 1.54) is 25.7 Å². The topological polar surface area (TPSA) is 0 Å². The molecule has 0 aliphatic rings. The lowest BCUT2D eigenvalue weighted by molar-refractivity contribution is 0.796. The third-order valence-electron chi connectivity index (χ3n) is 1.69. The van der Waals surface area contributed by atoms with Crippen LogP contribution in [0.2, 0.25) is 0 Å². The van der Waals surface area contributed by atoms with Crippen molar-refractivity contribution in [1.29, 1.82) is 0 Å². The Bertz CT molecular complexity index is 90.2. The molecule has 10 heavy (non-hydrogen) atoms. The molecular formula is C10H19. The number of unbranched alkanes of at least 4 members (excludes halogenated alkanes) is 1. The van der Waals surface area contributed by atoms with Gasteiger partial charge in [0.15, 0.2) is 0 Å². The minimum atomic E-state index is 1.07. The second kappa shape index (κ2) is 6.85. The highest BCUT2D eigenvalue weighted by Gasteiger charge is 1.90. The third kappa shape index (κ3) is 4.60. The van der Waals surface area contributed by atoms with Crippen molar-refractivity contribution in [3.8, 4) is 0 Å². The summed E-state index contributed by atoms with van der Waals surface area (Å²) in [5.74, 6) is 0. The molecule has 0 spiro atoms. The van der Waals surface area contributed by atoms with Gasteiger partial charge >= 0.3 is 0 Å². The van der Waals surface area contributed by atoms with Crippen LogP contribution in [0, 0.1) is 6.92 Å². The van der Waals surface area contributed by atoms with Gasteiger partial charge in [0, 0.05) is 0 Å². The fourth-order valence-electron chi connectivity index (χ4n) is 1.06. The van der Waals surface area contributed by atoms with Gasteiger partial charge in [-0.3, -0.25) is 0 Å². The van der Waals surface area contributed by atoms with Crippen molar-refractivity contribution in [1.82, 2.24) is 0 Å². The standard InChI is InChI=1S/C10H19/c1-4-7-9-10(6-3)8-5-2/h8H,1,4-7,9H2,2-3H3/b10-8+. The van der Waals surface area contributed by atoms with Gasteiger partial charge in [0.1, 0.15) is 0 Å². The Morgan fingerprint density at radius 3 is 2.50 bits per heavy atom. The molecule has 0 amide bonds. The molecule has 0 heterocycles. The predicted octanol–water partition coefficient (Wildman–Crippen LogP) is 3.74. The van der Waals surface area contributed by atoms with Crippen LogP contribution < -0.4 is 0 Å². The van der Waals surface area contributed by atoms with Gasteiger partial charge in [-0.25, -0.2) is 0 Å². The quantitative estimate of drug-likeness (QED) is 0.509. The average molecular weight is 139 g/mol. The summed E-state index contributed by atoms with van der Waals surface area (Å²) in [6.07, 6.45) is 8.32. The lowest BCUT2D eigenvalue weighted by Crippen LogP contribution is -1.81. The van der Waals surface area contributed by atoms with Crippen molar-refractivity contribution in [3.05, 3.63) is 18.6 Å². The average Bonchev–Trinajstić information content (AvgIpc) is 1.98. The molecule has 0 atom stereocenters. The SMILES string of the molecule is [CH2]CCC/C(=C/CC)CC. The molecule has 59 valence electrons. The van der Waals surface area contributed by atoms with Gasteiger partial charge in [-0.1, -0.05) is 38.8 Å². The van der Waals surface area contributed by atoms with Crippen molar-refractivity contribution < 1.29 is 0 Å². The zero-order valence-corrected chi connectivity index (χ0v) is 7.32. The summed E-state index contributed by atoms with van der Waals surface area (Å²) in [4.78, 5) is 0. The Hall–Kier alpha value is -0.260. The van der Waals surface area contributed by atoms with Crippen LogP contribution in [-0.4, -0.2) is 0 Å². The van der Waals surface area contributed by atoms with Crippen LogP contribution in [0.1, 0.15) is 46.0 Å². The molecule has 0 unspecified atom stereocenters. The van der Waals surface area contributed by atoms with E-state index in [0.717, 1.165) is 6.42 Å². The highest BCUT2D eigenvalue weighted by atomic mass is 14.0. The Balaban J connectivity index is 3.49. The molecule has 0 aromatic heterocycles. The number of rotatable bonds is 5. The lowest BCUT2D eigenvalue weighted by atomic mass is 10.1. The fraction of sp³-hybridized carbons (Fsp3) is 0.700. The van der Waals surface area contributed by atoms with Gasteiger partial charge in [-0.05, 0) is 25.7 Å². The molecule has 0 nitrogen and oxygen atoms in total. The highest BCUT2D eigenvalue weighted by Crippen LogP contribution is 2.11. The zero-order valence-electron chi connectivity index (χ0n) is 7.32. The first-order valence-electron chi connectivity index (χ1n) is 4.32. The van der Waals surface area contributed by atoms with E-state index >= 15 is 0 Å². The lowest BCUT2D eigenvalue weighted by Gasteiger charge is -2.01. The predicted molar refractivity (Wildman–Crippen MR) is 47.9 cm³/mol. The van der Waals surface area contributed by atoms with Crippen molar-refractivity contribution in [2.75, 3.05) is 0 Å². The molecule has 0 N–H and O–H groups in total. The van der Waals surface area contributed by atoms with E-state index in [0.29, 0.717) is 0 Å². The summed E-state index contributed by atoms with van der Waals surface area (Å²) < 4.78 is 0. The molecule has 0 rings (SSSR count). The van der Waals surface area contributed by atoms with Crippen LogP contribution >= 0.6 is 0 Å². The fourth-order valence-corrected chi connectivity index (χ4v) is 1.06. The number of hydrogen-bond acceptors (Lipinski definition) is 0. The molecule has 0 saturated carbocycles. The van der Waals surface area contributed by atoms with Crippen LogP contribution in [0.4, 0.5) is 0 Å². The van der Waals surface area contributed by atoms with Gasteiger partial charge in [-0.2, -0.15) is 0 Å². The van der Waals surface area contributed by atoms with E-state index in [9.17, 15) is 0 Å². The molecular weight excluding hydrogens is 120 g/mol. The van der Waals surface area contributed by atoms with E-state index in [-0.39, 0.29) is 0 Å². The van der Waals surface area contributed by atoms with E-state index < -0.39 is 0 Å². The van der Waals surface area contributed by atoms with Gasteiger partial charge < -0.3 is 0 Å². The summed E-state index contributed by atoms with van der Waals surface area (Å²) >= 11 is 0. The first kappa shape index (κ1) is 9.74. The number of allylic oxidation sites excluding steroid dienone is 2.